The molecule has 0 amide bonds. The second-order valence-electron chi connectivity index (χ2n) is 2.85. The minimum Gasteiger partial charge on any atom is -0.103 e. The van der Waals surface area contributed by atoms with Crippen LogP contribution in [0, 0.1) is 5.92 Å². The van der Waals surface area contributed by atoms with Crippen molar-refractivity contribution >= 4 is 0 Å². The molecule has 0 aliphatic heterocycles. The highest BCUT2D eigenvalue weighted by atomic mass is 14.1. The predicted molar refractivity (Wildman–Crippen MR) is 57.2 cm³/mol. The molecule has 0 aromatic rings. The Kier molecular flexibility index (Phi) is 6.45. The van der Waals surface area contributed by atoms with Crippen LogP contribution >= 0.6 is 0 Å². The Balaban J connectivity index is 0.000000561. The lowest BCUT2D eigenvalue weighted by molar-refractivity contribution is 0.726. The molecule has 0 nitrogen and oxygen atoms in total. The molecule has 0 heteroatoms. The third-order valence-corrected chi connectivity index (χ3v) is 1.72. The number of hydrogen-bond donors (Lipinski definition) is 0. The lowest BCUT2D eigenvalue weighted by Crippen LogP contribution is -1.93. The van der Waals surface area contributed by atoms with Gasteiger partial charge in [0.1, 0.15) is 0 Å². The Bertz CT molecular complexity index is 172. The van der Waals surface area contributed by atoms with E-state index < -0.39 is 0 Å². The first-order chi connectivity index (χ1) is 5.83. The van der Waals surface area contributed by atoms with Crippen LogP contribution in [0.3, 0.4) is 0 Å². The van der Waals surface area contributed by atoms with Crippen LogP contribution in [0.1, 0.15) is 33.6 Å². The molecular formula is C12H20. The minimum absolute atomic E-state index is 0.722. The summed E-state index contributed by atoms with van der Waals surface area (Å²) >= 11 is 0. The fourth-order valence-electron chi connectivity index (χ4n) is 1.23. The molecule has 1 unspecified atom stereocenters. The van der Waals surface area contributed by atoms with Crippen LogP contribution in [0.25, 0.3) is 0 Å². The molecule has 12 heavy (non-hydrogen) atoms. The Morgan fingerprint density at radius 2 is 2.25 bits per heavy atom. The van der Waals surface area contributed by atoms with Crippen LogP contribution in [0.2, 0.25) is 0 Å². The molecule has 0 saturated carbocycles. The van der Waals surface area contributed by atoms with Crippen molar-refractivity contribution in [3.8, 4) is 0 Å². The number of allylic oxidation sites excluding steroid dienone is 5. The van der Waals surface area contributed by atoms with Crippen LogP contribution in [0.5, 0.6) is 0 Å². The van der Waals surface area contributed by atoms with E-state index in [1.54, 1.807) is 0 Å². The van der Waals surface area contributed by atoms with Gasteiger partial charge in [0.15, 0.2) is 0 Å². The molecule has 0 aromatic heterocycles. The maximum atomic E-state index is 3.71. The summed E-state index contributed by atoms with van der Waals surface area (Å²) in [6.45, 7) is 9.95. The van der Waals surface area contributed by atoms with E-state index in [0.717, 1.165) is 12.3 Å². The van der Waals surface area contributed by atoms with Gasteiger partial charge < -0.3 is 0 Å². The highest BCUT2D eigenvalue weighted by molar-refractivity contribution is 5.25. The van der Waals surface area contributed by atoms with Crippen molar-refractivity contribution in [1.82, 2.24) is 0 Å². The van der Waals surface area contributed by atoms with E-state index in [0.29, 0.717) is 0 Å². The summed E-state index contributed by atoms with van der Waals surface area (Å²) in [4.78, 5) is 0. The van der Waals surface area contributed by atoms with Crippen molar-refractivity contribution in [1.29, 1.82) is 0 Å². The first kappa shape index (κ1) is 11.2. The maximum Gasteiger partial charge on any atom is -0.0103 e. The normalized spacial score (nSPS) is 20.6. The smallest absolute Gasteiger partial charge is 0.0103 e. The van der Waals surface area contributed by atoms with Gasteiger partial charge in [-0.15, -0.1) is 6.58 Å². The molecule has 0 heterocycles. The molecule has 68 valence electrons. The van der Waals surface area contributed by atoms with Gasteiger partial charge in [0.05, 0.1) is 0 Å². The second kappa shape index (κ2) is 6.90. The summed E-state index contributed by atoms with van der Waals surface area (Å²) in [5.74, 6) is 0.722. The maximum absolute atomic E-state index is 3.71. The van der Waals surface area contributed by atoms with E-state index in [1.165, 1.54) is 12.0 Å². The van der Waals surface area contributed by atoms with Gasteiger partial charge in [-0.25, -0.2) is 0 Å². The van der Waals surface area contributed by atoms with Crippen molar-refractivity contribution in [3.05, 3.63) is 36.5 Å². The molecule has 0 radical (unpaired) electrons. The van der Waals surface area contributed by atoms with E-state index in [4.69, 9.17) is 0 Å². The van der Waals surface area contributed by atoms with Crippen molar-refractivity contribution < 1.29 is 0 Å². The van der Waals surface area contributed by atoms with E-state index in [-0.39, 0.29) is 0 Å². The van der Waals surface area contributed by atoms with Gasteiger partial charge in [0.2, 0.25) is 0 Å². The number of hydrogen-bond acceptors (Lipinski definition) is 0. The van der Waals surface area contributed by atoms with Crippen LogP contribution in [-0.4, -0.2) is 0 Å². The zero-order valence-corrected chi connectivity index (χ0v) is 8.51. The van der Waals surface area contributed by atoms with E-state index in [9.17, 15) is 0 Å². The van der Waals surface area contributed by atoms with Crippen LogP contribution in [0.15, 0.2) is 36.5 Å². The molecule has 0 bridgehead atoms. The van der Waals surface area contributed by atoms with Gasteiger partial charge in [0.25, 0.3) is 0 Å². The van der Waals surface area contributed by atoms with Gasteiger partial charge in [-0.1, -0.05) is 45.1 Å². The van der Waals surface area contributed by atoms with E-state index in [1.807, 2.05) is 19.9 Å². The van der Waals surface area contributed by atoms with Crippen molar-refractivity contribution in [2.24, 2.45) is 5.92 Å². The minimum atomic E-state index is 0.722. The Hall–Kier alpha value is -0.780. The van der Waals surface area contributed by atoms with Gasteiger partial charge >= 0.3 is 0 Å². The topological polar surface area (TPSA) is 0 Å². The van der Waals surface area contributed by atoms with Crippen LogP contribution in [0.4, 0.5) is 0 Å². The van der Waals surface area contributed by atoms with Crippen molar-refractivity contribution in [2.45, 2.75) is 33.6 Å². The highest BCUT2D eigenvalue weighted by Gasteiger charge is 2.01. The first-order valence-corrected chi connectivity index (χ1v) is 4.81. The summed E-state index contributed by atoms with van der Waals surface area (Å²) in [6, 6.07) is 0. The Labute approximate surface area is 76.7 Å². The van der Waals surface area contributed by atoms with E-state index >= 15 is 0 Å². The molecule has 1 aliphatic rings. The average molecular weight is 164 g/mol. The van der Waals surface area contributed by atoms with Crippen LogP contribution < -0.4 is 0 Å². The van der Waals surface area contributed by atoms with Crippen LogP contribution in [-0.2, 0) is 0 Å². The highest BCUT2D eigenvalue weighted by Crippen LogP contribution is 2.17. The van der Waals surface area contributed by atoms with Gasteiger partial charge in [-0.2, -0.15) is 0 Å². The molecule has 0 N–H and O–H groups in total. The second-order valence-corrected chi connectivity index (χ2v) is 2.85. The van der Waals surface area contributed by atoms with Gasteiger partial charge in [-0.3, -0.25) is 0 Å². The molecule has 0 spiro atoms. The zero-order valence-electron chi connectivity index (χ0n) is 8.51. The summed E-state index contributed by atoms with van der Waals surface area (Å²) in [6.07, 6.45) is 10.9. The predicted octanol–water partition coefficient (Wildman–Crippen LogP) is 4.11. The fraction of sp³-hybridized carbons (Fsp3) is 0.500. The summed E-state index contributed by atoms with van der Waals surface area (Å²) in [5.41, 5.74) is 1.41. The van der Waals surface area contributed by atoms with Gasteiger partial charge in [-0.05, 0) is 24.3 Å². The zero-order chi connectivity index (χ0) is 9.40. The quantitative estimate of drug-likeness (QED) is 0.539. The molecule has 0 aromatic carbocycles. The van der Waals surface area contributed by atoms with Gasteiger partial charge in [0, 0.05) is 0 Å². The average Bonchev–Trinajstić information content (AvgIpc) is 2.09. The third kappa shape index (κ3) is 4.17. The Morgan fingerprint density at radius 3 is 2.75 bits per heavy atom. The van der Waals surface area contributed by atoms with Crippen molar-refractivity contribution in [2.75, 3.05) is 0 Å². The third-order valence-electron chi connectivity index (χ3n) is 1.72. The molecule has 1 atom stereocenters. The lowest BCUT2D eigenvalue weighted by atomic mass is 9.96. The monoisotopic (exact) mass is 164 g/mol. The standard InChI is InChI=1S/C10H14.C2H6/c1-3-5-10-7-4-6-9(2)8-10;1-2/h3-4,7-9H,1,5-6H2,2H3;1-2H3. The number of rotatable bonds is 2. The molecular weight excluding hydrogens is 144 g/mol. The molecule has 1 rings (SSSR count). The summed E-state index contributed by atoms with van der Waals surface area (Å²) in [7, 11) is 0. The Morgan fingerprint density at radius 1 is 1.58 bits per heavy atom. The summed E-state index contributed by atoms with van der Waals surface area (Å²) < 4.78 is 0. The SMILES string of the molecule is C=CCC1=CC(C)CC=C1.CC. The molecule has 0 saturated heterocycles. The first-order valence-electron chi connectivity index (χ1n) is 4.81. The summed E-state index contributed by atoms with van der Waals surface area (Å²) in [5, 5.41) is 0. The molecule has 0 fully saturated rings. The molecule has 1 aliphatic carbocycles. The fourth-order valence-corrected chi connectivity index (χ4v) is 1.23. The largest absolute Gasteiger partial charge is 0.103 e. The van der Waals surface area contributed by atoms with E-state index in [2.05, 4.69) is 31.7 Å². The lowest BCUT2D eigenvalue weighted by Gasteiger charge is -2.09. The van der Waals surface area contributed by atoms with Crippen molar-refractivity contribution in [3.63, 3.8) is 0 Å².